The number of rotatable bonds is 2. The summed E-state index contributed by atoms with van der Waals surface area (Å²) in [4.78, 5) is 5.06. The van der Waals surface area contributed by atoms with Crippen LogP contribution >= 0.6 is 27.3 Å². The molecule has 4 nitrogen and oxygen atoms in total. The Labute approximate surface area is 87.5 Å². The number of halogens is 1. The molecule has 0 unspecified atom stereocenters. The van der Waals surface area contributed by atoms with Crippen LogP contribution in [0.5, 0.6) is 0 Å². The summed E-state index contributed by atoms with van der Waals surface area (Å²) in [7, 11) is 0. The second-order valence-corrected chi connectivity index (χ2v) is 4.35. The fourth-order valence-electron chi connectivity index (χ4n) is 0.970. The lowest BCUT2D eigenvalue weighted by Crippen LogP contribution is -1.99. The second kappa shape index (κ2) is 3.47. The number of thiophene rings is 1. The van der Waals surface area contributed by atoms with Crippen LogP contribution in [0.3, 0.4) is 0 Å². The van der Waals surface area contributed by atoms with Crippen LogP contribution in [0.2, 0.25) is 0 Å². The summed E-state index contributed by atoms with van der Waals surface area (Å²) in [5.74, 6) is 0.313. The highest BCUT2D eigenvalue weighted by Gasteiger charge is 2.03. The van der Waals surface area contributed by atoms with E-state index in [1.165, 1.54) is 4.88 Å². The Hall–Kier alpha value is -0.880. The molecule has 0 bridgehead atoms. The van der Waals surface area contributed by atoms with Crippen LogP contribution in [0.1, 0.15) is 4.88 Å². The maximum atomic E-state index is 5.39. The SMILES string of the molecule is Nc1ncn(Cc2sccc2Br)n1. The van der Waals surface area contributed by atoms with Gasteiger partial charge < -0.3 is 5.73 Å². The third-order valence-corrected chi connectivity index (χ3v) is 3.46. The van der Waals surface area contributed by atoms with Gasteiger partial charge in [0.1, 0.15) is 6.33 Å². The predicted octanol–water partition coefficient (Wildman–Crippen LogP) is 1.73. The molecule has 2 aromatic rings. The van der Waals surface area contributed by atoms with Crippen molar-refractivity contribution >= 4 is 33.2 Å². The quantitative estimate of drug-likeness (QED) is 0.893. The molecule has 0 aromatic carbocycles. The molecule has 0 radical (unpaired) electrons. The van der Waals surface area contributed by atoms with E-state index in [9.17, 15) is 0 Å². The molecule has 68 valence electrons. The number of nitrogen functional groups attached to an aromatic ring is 1. The second-order valence-electron chi connectivity index (χ2n) is 2.49. The van der Waals surface area contributed by atoms with Gasteiger partial charge in [-0.25, -0.2) is 9.67 Å². The molecule has 2 rings (SSSR count). The highest BCUT2D eigenvalue weighted by atomic mass is 79.9. The first kappa shape index (κ1) is 8.71. The van der Waals surface area contributed by atoms with Gasteiger partial charge in [0.2, 0.25) is 5.95 Å². The first-order valence-corrected chi connectivity index (χ1v) is 5.30. The monoisotopic (exact) mass is 258 g/mol. The Bertz CT molecular complexity index is 408. The Morgan fingerprint density at radius 1 is 1.62 bits per heavy atom. The van der Waals surface area contributed by atoms with Crippen molar-refractivity contribution in [1.29, 1.82) is 0 Å². The Kier molecular flexibility index (Phi) is 2.32. The van der Waals surface area contributed by atoms with Crippen LogP contribution in [-0.2, 0) is 6.54 Å². The van der Waals surface area contributed by atoms with Gasteiger partial charge in [0.25, 0.3) is 0 Å². The minimum absolute atomic E-state index is 0.313. The summed E-state index contributed by atoms with van der Waals surface area (Å²) in [5.41, 5.74) is 5.39. The van der Waals surface area contributed by atoms with Crippen LogP contribution in [0.4, 0.5) is 5.95 Å². The number of hydrogen-bond acceptors (Lipinski definition) is 4. The van der Waals surface area contributed by atoms with Crippen LogP contribution in [0.15, 0.2) is 22.2 Å². The number of aromatic nitrogens is 3. The molecular weight excluding hydrogens is 252 g/mol. The van der Waals surface area contributed by atoms with Gasteiger partial charge >= 0.3 is 0 Å². The van der Waals surface area contributed by atoms with E-state index in [0.29, 0.717) is 12.5 Å². The molecule has 0 amide bonds. The average molecular weight is 259 g/mol. The van der Waals surface area contributed by atoms with Gasteiger partial charge in [-0.3, -0.25) is 0 Å². The van der Waals surface area contributed by atoms with Gasteiger partial charge in [0, 0.05) is 9.35 Å². The van der Waals surface area contributed by atoms with Gasteiger partial charge in [-0.1, -0.05) is 0 Å². The third kappa shape index (κ3) is 1.89. The number of hydrogen-bond donors (Lipinski definition) is 1. The molecular formula is C7H7BrN4S. The minimum Gasteiger partial charge on any atom is -0.367 e. The lowest BCUT2D eigenvalue weighted by Gasteiger charge is -1.97. The minimum atomic E-state index is 0.313. The van der Waals surface area contributed by atoms with E-state index in [2.05, 4.69) is 26.0 Å². The lowest BCUT2D eigenvalue weighted by molar-refractivity contribution is 0.694. The zero-order valence-corrected chi connectivity index (χ0v) is 9.05. The first-order valence-electron chi connectivity index (χ1n) is 3.62. The van der Waals surface area contributed by atoms with Crippen LogP contribution in [0.25, 0.3) is 0 Å². The Morgan fingerprint density at radius 3 is 3.00 bits per heavy atom. The van der Waals surface area contributed by atoms with Crippen molar-refractivity contribution in [2.75, 3.05) is 5.73 Å². The Balaban J connectivity index is 2.19. The smallest absolute Gasteiger partial charge is 0.239 e. The fraction of sp³-hybridized carbons (Fsp3) is 0.143. The first-order chi connectivity index (χ1) is 6.25. The highest BCUT2D eigenvalue weighted by Crippen LogP contribution is 2.23. The molecule has 0 spiro atoms. The molecule has 0 fully saturated rings. The van der Waals surface area contributed by atoms with E-state index >= 15 is 0 Å². The van der Waals surface area contributed by atoms with E-state index in [4.69, 9.17) is 5.73 Å². The average Bonchev–Trinajstić information content (AvgIpc) is 2.64. The summed E-state index contributed by atoms with van der Waals surface area (Å²) in [6.07, 6.45) is 1.63. The van der Waals surface area contributed by atoms with E-state index in [0.717, 1.165) is 4.47 Å². The van der Waals surface area contributed by atoms with Crippen LogP contribution in [0, 0.1) is 0 Å². The summed E-state index contributed by atoms with van der Waals surface area (Å²) < 4.78 is 2.82. The van der Waals surface area contributed by atoms with Crippen LogP contribution < -0.4 is 5.73 Å². The lowest BCUT2D eigenvalue weighted by atomic mass is 10.5. The fourth-order valence-corrected chi connectivity index (χ4v) is 2.44. The van der Waals surface area contributed by atoms with Crippen molar-refractivity contribution in [2.45, 2.75) is 6.54 Å². The maximum Gasteiger partial charge on any atom is 0.239 e. The topological polar surface area (TPSA) is 56.7 Å². The summed E-state index contributed by atoms with van der Waals surface area (Å²) in [6.45, 7) is 0.711. The standard InChI is InChI=1S/C7H7BrN4S/c8-5-1-2-13-6(5)3-12-4-10-7(9)11-12/h1-2,4H,3H2,(H2,9,11). The third-order valence-electron chi connectivity index (χ3n) is 1.55. The number of anilines is 1. The van der Waals surface area contributed by atoms with Crippen molar-refractivity contribution in [2.24, 2.45) is 0 Å². The molecule has 2 aromatic heterocycles. The molecule has 0 aliphatic rings. The largest absolute Gasteiger partial charge is 0.367 e. The molecule has 0 saturated carbocycles. The van der Waals surface area contributed by atoms with Gasteiger partial charge in [-0.2, -0.15) is 0 Å². The zero-order valence-electron chi connectivity index (χ0n) is 6.64. The summed E-state index contributed by atoms with van der Waals surface area (Å²) >= 11 is 5.13. The van der Waals surface area contributed by atoms with Crippen molar-refractivity contribution in [1.82, 2.24) is 14.8 Å². The van der Waals surface area contributed by atoms with Crippen molar-refractivity contribution in [3.05, 3.63) is 27.1 Å². The molecule has 2 N–H and O–H groups in total. The van der Waals surface area contributed by atoms with Crippen molar-refractivity contribution in [3.8, 4) is 0 Å². The van der Waals surface area contributed by atoms with Gasteiger partial charge in [-0.15, -0.1) is 16.4 Å². The highest BCUT2D eigenvalue weighted by molar-refractivity contribution is 9.10. The molecule has 0 atom stereocenters. The molecule has 0 saturated heterocycles. The van der Waals surface area contributed by atoms with E-state index in [1.54, 1.807) is 22.3 Å². The number of nitrogens with zero attached hydrogens (tertiary/aromatic N) is 3. The molecule has 2 heterocycles. The van der Waals surface area contributed by atoms with Gasteiger partial charge in [0.15, 0.2) is 0 Å². The maximum absolute atomic E-state index is 5.39. The molecule has 0 aliphatic heterocycles. The molecule has 0 aliphatic carbocycles. The predicted molar refractivity (Wildman–Crippen MR) is 55.6 cm³/mol. The van der Waals surface area contributed by atoms with E-state index in [1.807, 2.05) is 11.4 Å². The Morgan fingerprint density at radius 2 is 2.46 bits per heavy atom. The van der Waals surface area contributed by atoms with Crippen molar-refractivity contribution in [3.63, 3.8) is 0 Å². The van der Waals surface area contributed by atoms with Crippen LogP contribution in [-0.4, -0.2) is 14.8 Å². The molecule has 6 heteroatoms. The normalized spacial score (nSPS) is 10.5. The van der Waals surface area contributed by atoms with Crippen molar-refractivity contribution < 1.29 is 0 Å². The summed E-state index contributed by atoms with van der Waals surface area (Å²) in [6, 6.07) is 2.01. The number of nitrogens with two attached hydrogens (primary N) is 1. The van der Waals surface area contributed by atoms with Gasteiger partial charge in [-0.05, 0) is 27.4 Å². The zero-order chi connectivity index (χ0) is 9.26. The summed E-state index contributed by atoms with van der Waals surface area (Å²) in [5, 5.41) is 6.02. The molecule has 13 heavy (non-hydrogen) atoms. The van der Waals surface area contributed by atoms with E-state index < -0.39 is 0 Å². The van der Waals surface area contributed by atoms with Gasteiger partial charge in [0.05, 0.1) is 6.54 Å². The van der Waals surface area contributed by atoms with E-state index in [-0.39, 0.29) is 0 Å².